The van der Waals surface area contributed by atoms with Crippen LogP contribution >= 0.6 is 15.6 Å². The van der Waals surface area contributed by atoms with Gasteiger partial charge in [0.15, 0.2) is 12.2 Å². The van der Waals surface area contributed by atoms with Gasteiger partial charge in [-0.15, -0.1) is 0 Å². The van der Waals surface area contributed by atoms with Gasteiger partial charge in [-0.3, -0.25) is 37.3 Å². The molecule has 0 heterocycles. The van der Waals surface area contributed by atoms with E-state index in [1.54, 1.807) is 0 Å². The highest BCUT2D eigenvalue weighted by molar-refractivity contribution is 7.47. The van der Waals surface area contributed by atoms with Crippen LogP contribution in [0.1, 0.15) is 452 Å². The van der Waals surface area contributed by atoms with Crippen molar-refractivity contribution >= 4 is 39.5 Å². The first-order valence-corrected chi connectivity index (χ1v) is 47.0. The van der Waals surface area contributed by atoms with Gasteiger partial charge in [0.2, 0.25) is 0 Å². The van der Waals surface area contributed by atoms with E-state index < -0.39 is 97.5 Å². The van der Waals surface area contributed by atoms with E-state index in [-0.39, 0.29) is 25.7 Å². The zero-order chi connectivity index (χ0) is 76.4. The van der Waals surface area contributed by atoms with Crippen LogP contribution in [0.3, 0.4) is 0 Å². The summed E-state index contributed by atoms with van der Waals surface area (Å²) in [6, 6.07) is 0. The molecule has 0 radical (unpaired) electrons. The molecular formula is C85H166O17P2. The van der Waals surface area contributed by atoms with E-state index in [1.807, 2.05) is 0 Å². The number of unbranched alkanes of at least 4 members (excludes halogenated alkanes) is 53. The number of carbonyl (C=O) groups is 4. The maximum Gasteiger partial charge on any atom is 0.472 e. The molecule has 3 N–H and O–H groups in total. The molecule has 17 nitrogen and oxygen atoms in total. The number of hydrogen-bond donors (Lipinski definition) is 3. The van der Waals surface area contributed by atoms with Gasteiger partial charge in [-0.25, -0.2) is 9.13 Å². The molecule has 0 aliphatic rings. The molecule has 3 unspecified atom stereocenters. The van der Waals surface area contributed by atoms with Crippen molar-refractivity contribution in [1.82, 2.24) is 0 Å². The Labute approximate surface area is 638 Å². The molecule has 0 aromatic rings. The zero-order valence-electron chi connectivity index (χ0n) is 68.3. The molecule has 0 bridgehead atoms. The standard InChI is InChI=1S/C85H166O17P2/c1-7-10-12-14-16-18-20-22-24-26-28-30-36-40-44-52-58-64-69-84(89)101-80(73-95-82(87)67-61-55-49-42-38-34-32-31-33-37-41-47-53-59-65-77(4)5)75-99-103(91,92)97-71-79(86)72-98-104(93,94)100-76-81(74-96-83(88)68-62-56-50-46-45-48-54-60-66-78(6)9-3)102-85(90)70-63-57-51-43-39-35-29-27-25-23-21-19-17-15-13-11-8-2/h77-81,86H,7-76H2,1-6H3,(H,91,92)(H,93,94)/t78?,79-,80-,81-/m1/s1. The Morgan fingerprint density at radius 3 is 0.731 bits per heavy atom. The minimum absolute atomic E-state index is 0.108. The van der Waals surface area contributed by atoms with Gasteiger partial charge in [0.1, 0.15) is 19.3 Å². The Morgan fingerprint density at radius 1 is 0.279 bits per heavy atom. The smallest absolute Gasteiger partial charge is 0.462 e. The fraction of sp³-hybridized carbons (Fsp3) is 0.953. The number of ether oxygens (including phenoxy) is 4. The van der Waals surface area contributed by atoms with Crippen LogP contribution < -0.4 is 0 Å². The second kappa shape index (κ2) is 76.4. The van der Waals surface area contributed by atoms with Crippen molar-refractivity contribution in [2.45, 2.75) is 471 Å². The first kappa shape index (κ1) is 102. The molecule has 618 valence electrons. The molecule has 0 aromatic carbocycles. The molecule has 0 spiro atoms. The molecule has 19 heteroatoms. The van der Waals surface area contributed by atoms with Gasteiger partial charge in [0.25, 0.3) is 0 Å². The van der Waals surface area contributed by atoms with Crippen molar-refractivity contribution < 1.29 is 80.2 Å². The van der Waals surface area contributed by atoms with Crippen molar-refractivity contribution in [1.29, 1.82) is 0 Å². The molecule has 104 heavy (non-hydrogen) atoms. The monoisotopic (exact) mass is 1520 g/mol. The topological polar surface area (TPSA) is 237 Å². The van der Waals surface area contributed by atoms with Crippen molar-refractivity contribution in [2.75, 3.05) is 39.6 Å². The molecule has 0 rings (SSSR count). The fourth-order valence-electron chi connectivity index (χ4n) is 13.2. The normalized spacial score (nSPS) is 14.1. The summed E-state index contributed by atoms with van der Waals surface area (Å²) in [4.78, 5) is 73.2. The third-order valence-corrected chi connectivity index (χ3v) is 22.2. The fourth-order valence-corrected chi connectivity index (χ4v) is 14.8. The summed E-state index contributed by atoms with van der Waals surface area (Å²) in [5.74, 6) is -0.525. The lowest BCUT2D eigenvalue weighted by atomic mass is 9.99. The minimum atomic E-state index is -4.97. The van der Waals surface area contributed by atoms with E-state index in [1.165, 1.54) is 270 Å². The Balaban J connectivity index is 5.27. The van der Waals surface area contributed by atoms with E-state index in [4.69, 9.17) is 37.0 Å². The van der Waals surface area contributed by atoms with Crippen molar-refractivity contribution in [3.63, 3.8) is 0 Å². The largest absolute Gasteiger partial charge is 0.472 e. The summed E-state index contributed by atoms with van der Waals surface area (Å²) in [5, 5.41) is 10.7. The van der Waals surface area contributed by atoms with E-state index in [0.29, 0.717) is 25.7 Å². The second-order valence-corrected chi connectivity index (χ2v) is 34.2. The highest BCUT2D eigenvalue weighted by Crippen LogP contribution is 2.45. The maximum atomic E-state index is 13.1. The lowest BCUT2D eigenvalue weighted by Crippen LogP contribution is -2.30. The molecular weight excluding hydrogens is 1350 g/mol. The number of hydrogen-bond acceptors (Lipinski definition) is 15. The third-order valence-electron chi connectivity index (χ3n) is 20.3. The van der Waals surface area contributed by atoms with Crippen LogP contribution in [-0.4, -0.2) is 96.7 Å². The first-order chi connectivity index (χ1) is 50.4. The van der Waals surface area contributed by atoms with Gasteiger partial charge in [-0.05, 0) is 37.5 Å². The summed E-state index contributed by atoms with van der Waals surface area (Å²) < 4.78 is 68.9. The number of aliphatic hydroxyl groups is 1. The molecule has 0 amide bonds. The van der Waals surface area contributed by atoms with Crippen LogP contribution in [0.2, 0.25) is 0 Å². The first-order valence-electron chi connectivity index (χ1n) is 44.0. The van der Waals surface area contributed by atoms with Crippen molar-refractivity contribution in [3.05, 3.63) is 0 Å². The Hall–Kier alpha value is -1.94. The third kappa shape index (κ3) is 76.8. The summed E-state index contributed by atoms with van der Waals surface area (Å²) in [6.07, 6.45) is 67.9. The molecule has 0 saturated heterocycles. The van der Waals surface area contributed by atoms with Crippen LogP contribution in [0.4, 0.5) is 0 Å². The number of phosphoric acid groups is 2. The molecule has 0 aliphatic heterocycles. The summed E-state index contributed by atoms with van der Waals surface area (Å²) >= 11 is 0. The van der Waals surface area contributed by atoms with Gasteiger partial charge < -0.3 is 33.8 Å². The molecule has 6 atom stereocenters. The van der Waals surface area contributed by atoms with E-state index in [9.17, 15) is 43.2 Å². The number of aliphatic hydroxyl groups excluding tert-OH is 1. The predicted octanol–water partition coefficient (Wildman–Crippen LogP) is 25.8. The Bertz CT molecular complexity index is 2000. The van der Waals surface area contributed by atoms with Gasteiger partial charge in [0.05, 0.1) is 26.4 Å². The van der Waals surface area contributed by atoms with E-state index >= 15 is 0 Å². The van der Waals surface area contributed by atoms with Gasteiger partial charge >= 0.3 is 39.5 Å². The average Bonchev–Trinajstić information content (AvgIpc) is 0.936. The summed E-state index contributed by atoms with van der Waals surface area (Å²) in [6.45, 7) is 9.70. The van der Waals surface area contributed by atoms with E-state index in [2.05, 4.69) is 41.5 Å². The maximum absolute atomic E-state index is 13.1. The van der Waals surface area contributed by atoms with Crippen LogP contribution in [0.15, 0.2) is 0 Å². The highest BCUT2D eigenvalue weighted by Gasteiger charge is 2.30. The lowest BCUT2D eigenvalue weighted by Gasteiger charge is -2.21. The zero-order valence-corrected chi connectivity index (χ0v) is 70.1. The van der Waals surface area contributed by atoms with Gasteiger partial charge in [0, 0.05) is 25.7 Å². The Kier molecular flexibility index (Phi) is 75.0. The Morgan fingerprint density at radius 2 is 0.490 bits per heavy atom. The van der Waals surface area contributed by atoms with E-state index in [0.717, 1.165) is 102 Å². The molecule has 0 aromatic heterocycles. The lowest BCUT2D eigenvalue weighted by molar-refractivity contribution is -0.161. The second-order valence-electron chi connectivity index (χ2n) is 31.3. The number of carbonyl (C=O) groups excluding carboxylic acids is 4. The predicted molar refractivity (Wildman–Crippen MR) is 428 cm³/mol. The molecule has 0 fully saturated rings. The van der Waals surface area contributed by atoms with Crippen LogP contribution in [-0.2, 0) is 65.4 Å². The average molecular weight is 1520 g/mol. The molecule has 0 saturated carbocycles. The van der Waals surface area contributed by atoms with Crippen LogP contribution in [0.25, 0.3) is 0 Å². The van der Waals surface area contributed by atoms with Crippen LogP contribution in [0.5, 0.6) is 0 Å². The minimum Gasteiger partial charge on any atom is -0.462 e. The van der Waals surface area contributed by atoms with Crippen LogP contribution in [0, 0.1) is 11.8 Å². The SMILES string of the molecule is CCCCCCCCCCCCCCCCCCCCC(=O)O[C@H](COC(=O)CCCCCCCCCCCCCCCCC(C)C)COP(=O)(O)OC[C@@H](O)COP(=O)(O)OC[C@@H](COC(=O)CCCCCCCCCCC(C)CC)OC(=O)CCCCCCCCCCCCCCCCCCC. The quantitative estimate of drug-likeness (QED) is 0.0222. The molecule has 0 aliphatic carbocycles. The van der Waals surface area contributed by atoms with Crippen molar-refractivity contribution in [3.8, 4) is 0 Å². The van der Waals surface area contributed by atoms with Gasteiger partial charge in [-0.2, -0.15) is 0 Å². The van der Waals surface area contributed by atoms with Crippen molar-refractivity contribution in [2.24, 2.45) is 11.8 Å². The van der Waals surface area contributed by atoms with Gasteiger partial charge in [-0.1, -0.05) is 401 Å². The summed E-state index contributed by atoms with van der Waals surface area (Å²) in [5.41, 5.74) is 0. The number of rotatable bonds is 84. The highest BCUT2D eigenvalue weighted by atomic mass is 31.2. The number of phosphoric ester groups is 2. The summed E-state index contributed by atoms with van der Waals surface area (Å²) in [7, 11) is -9.93. The number of esters is 4.